The Balaban J connectivity index is 0.000000127. The first-order valence-electron chi connectivity index (χ1n) is 31.3. The normalized spacial score (nSPS) is 16.7. The lowest BCUT2D eigenvalue weighted by Gasteiger charge is -2.15. The van der Waals surface area contributed by atoms with Crippen LogP contribution in [0.5, 0.6) is 17.2 Å². The minimum Gasteiger partial charge on any atom is -0.507 e. The molecular formula is C74H93O5S5+5. The molecule has 10 heteroatoms. The number of phenols is 1. The second-order valence-electron chi connectivity index (χ2n) is 22.7. The number of fused-ring (bicyclic) bond motifs is 3. The molecule has 0 unspecified atom stereocenters. The lowest BCUT2D eigenvalue weighted by atomic mass is 10.1. The predicted molar refractivity (Wildman–Crippen MR) is 372 cm³/mol. The van der Waals surface area contributed by atoms with E-state index in [1.807, 2.05) is 48.5 Å². The molecule has 5 fully saturated rings. The van der Waals surface area contributed by atoms with E-state index in [1.165, 1.54) is 182 Å². The average molecular weight is 1220 g/mol. The number of hydrogen-bond donors (Lipinski definition) is 1. The molecule has 84 heavy (non-hydrogen) atoms. The number of phenolic OH excluding ortho intramolecular Hbond substituents is 1. The number of aryl methyl sites for hydroxylation is 2. The third-order valence-corrected chi connectivity index (χ3v) is 28.7. The molecule has 0 atom stereocenters. The van der Waals surface area contributed by atoms with Crippen molar-refractivity contribution in [3.63, 3.8) is 0 Å². The number of unbranched alkanes of at least 4 members (excludes halogenated alkanes) is 1. The summed E-state index contributed by atoms with van der Waals surface area (Å²) in [6, 6.07) is 55.2. The number of hydrogen-bond acceptors (Lipinski definition) is 5. The zero-order valence-electron chi connectivity index (χ0n) is 50.7. The number of benzene rings is 8. The Kier molecular flexibility index (Phi) is 25.8. The molecule has 0 radical (unpaired) electrons. The van der Waals surface area contributed by atoms with Gasteiger partial charge in [0.2, 0.25) is 5.78 Å². The molecule has 5 heterocycles. The van der Waals surface area contributed by atoms with Crippen LogP contribution >= 0.6 is 0 Å². The van der Waals surface area contributed by atoms with Crippen LogP contribution in [0.25, 0.3) is 32.3 Å². The lowest BCUT2D eigenvalue weighted by Crippen LogP contribution is -2.17. The van der Waals surface area contributed by atoms with E-state index in [4.69, 9.17) is 14.2 Å². The number of rotatable bonds is 15. The fourth-order valence-corrected chi connectivity index (χ4v) is 24.1. The van der Waals surface area contributed by atoms with E-state index in [0.29, 0.717) is 79.2 Å². The lowest BCUT2D eigenvalue weighted by molar-refractivity contribution is 0.102. The highest BCUT2D eigenvalue weighted by Crippen LogP contribution is 2.37. The number of Topliss-reactive ketones (excluding diaryl/α,β-unsaturated/α-hetero) is 1. The predicted octanol–water partition coefficient (Wildman–Crippen LogP) is 17.5. The van der Waals surface area contributed by atoms with Crippen molar-refractivity contribution in [3.8, 4) is 17.2 Å². The van der Waals surface area contributed by atoms with Crippen LogP contribution in [0.15, 0.2) is 177 Å². The Hall–Kier alpha value is -4.68. The highest BCUT2D eigenvalue weighted by atomic mass is 32.2. The standard InChI is InChI=1S/C18H23OS.C17H21O2S.C15H16OS.C12H15OS.C12H17S/c1-2-3-12-19-17-10-11-18(20-13-6-7-14-20)16-9-5-4-8-15(16)17;1-18-10-11-19-16-8-9-17(20-12-4-5-13-20)15-7-3-2-6-14(15)16;16-14-8-9-15(17-10-4-1-5-11-17)13-7-3-2-6-12(13)14;13-12(10-14-8-4-5-9-14)11-6-2-1-3-7-11;1-10-7-11(2)9-12(8-10)13-5-3-4-6-13/h4-5,8-11H,2-3,6-7,12-14H2,1H3;2-3,6-9H,4-5,10-13H2,1H3;2-3,6-9H,1,4-5,10-11H2;1-3,6-7H,4-5,8-10H2;7-9H,3-6H2,1-2H3/q2*+1;;2*+1/p+1. The van der Waals surface area contributed by atoms with Gasteiger partial charge in [-0.1, -0.05) is 104 Å². The van der Waals surface area contributed by atoms with E-state index in [-0.39, 0.29) is 0 Å². The monoisotopic (exact) mass is 1220 g/mol. The van der Waals surface area contributed by atoms with Crippen molar-refractivity contribution in [2.45, 2.75) is 124 Å². The number of carbonyl (C=O) groups excluding carboxylic acids is 1. The highest BCUT2D eigenvalue weighted by molar-refractivity contribution is 7.98. The first-order chi connectivity index (χ1) is 41.3. The van der Waals surface area contributed by atoms with Crippen molar-refractivity contribution in [3.05, 3.63) is 174 Å². The molecule has 0 spiro atoms. The average Bonchev–Trinajstić information content (AvgIpc) is 4.52. The van der Waals surface area contributed by atoms with Crippen molar-refractivity contribution < 1.29 is 24.1 Å². The van der Waals surface area contributed by atoms with Gasteiger partial charge in [0.05, 0.1) is 13.2 Å². The summed E-state index contributed by atoms with van der Waals surface area (Å²) < 4.78 is 16.9. The Morgan fingerprint density at radius 2 is 0.833 bits per heavy atom. The first kappa shape index (κ1) is 63.8. The molecule has 0 bridgehead atoms. The Morgan fingerprint density at radius 3 is 1.32 bits per heavy atom. The summed E-state index contributed by atoms with van der Waals surface area (Å²) in [5, 5.41) is 17.5. The van der Waals surface area contributed by atoms with Gasteiger partial charge in [0, 0.05) is 88.6 Å². The SMILES string of the molecule is CCCCOc1ccc([S+]2CCCC2)c2ccccc12.COCCOc1ccc([S+]2CCCC2)c2ccccc12.Cc1cc(C)cc([S+]2CCCC2)c1.O=C(C[S+]1CCCC1)c1ccccc1.Oc1ccc([S+]2CCCCC2)c2ccccc12. The van der Waals surface area contributed by atoms with E-state index in [2.05, 4.69) is 130 Å². The van der Waals surface area contributed by atoms with Crippen molar-refractivity contribution in [1.29, 1.82) is 0 Å². The summed E-state index contributed by atoms with van der Waals surface area (Å²) in [5.41, 5.74) is 3.73. The molecule has 0 aromatic heterocycles. The Morgan fingerprint density at radius 1 is 0.429 bits per heavy atom. The van der Waals surface area contributed by atoms with E-state index in [0.717, 1.165) is 41.2 Å². The van der Waals surface area contributed by atoms with Crippen LogP contribution in [0.1, 0.15) is 112 Å². The molecule has 0 aliphatic carbocycles. The number of ether oxygens (including phenoxy) is 3. The van der Waals surface area contributed by atoms with Crippen LogP contribution < -0.4 is 9.47 Å². The van der Waals surface area contributed by atoms with Gasteiger partial charge in [-0.15, -0.1) is 0 Å². The number of aromatic hydroxyl groups is 1. The maximum atomic E-state index is 11.8. The van der Waals surface area contributed by atoms with E-state index in [1.54, 1.807) is 16.9 Å². The van der Waals surface area contributed by atoms with Crippen LogP contribution in [0.4, 0.5) is 0 Å². The molecule has 5 aliphatic heterocycles. The van der Waals surface area contributed by atoms with E-state index >= 15 is 0 Å². The summed E-state index contributed by atoms with van der Waals surface area (Å²) in [6.45, 7) is 8.66. The molecule has 1 N–H and O–H groups in total. The fraction of sp³-hybridized carbons (Fsp3) is 0.419. The van der Waals surface area contributed by atoms with Crippen molar-refractivity contribution in [1.82, 2.24) is 0 Å². The zero-order chi connectivity index (χ0) is 58.3. The van der Waals surface area contributed by atoms with E-state index < -0.39 is 0 Å². The number of methoxy groups -OCH3 is 1. The molecular weight excluding hydrogens is 1130 g/mol. The minimum atomic E-state index is 0.329. The smallest absolute Gasteiger partial charge is 0.211 e. The van der Waals surface area contributed by atoms with Crippen LogP contribution in [0, 0.1) is 13.8 Å². The van der Waals surface area contributed by atoms with E-state index in [9.17, 15) is 9.90 Å². The van der Waals surface area contributed by atoms with Gasteiger partial charge >= 0.3 is 0 Å². The largest absolute Gasteiger partial charge is 0.507 e. The van der Waals surface area contributed by atoms with Gasteiger partial charge in [-0.25, -0.2) is 0 Å². The van der Waals surface area contributed by atoms with Crippen LogP contribution in [0.3, 0.4) is 0 Å². The van der Waals surface area contributed by atoms with Gasteiger partial charge in [0.15, 0.2) is 25.3 Å². The Labute approximate surface area is 518 Å². The second-order valence-corrected chi connectivity index (χ2v) is 34.0. The summed E-state index contributed by atoms with van der Waals surface area (Å²) in [6.07, 6.45) is 17.5. The summed E-state index contributed by atoms with van der Waals surface area (Å²) in [4.78, 5) is 18.0. The molecule has 13 rings (SSSR count). The molecule has 5 saturated heterocycles. The van der Waals surface area contributed by atoms with Crippen LogP contribution in [0.2, 0.25) is 0 Å². The topological polar surface area (TPSA) is 65.0 Å². The molecule has 5 aliphatic rings. The Bertz CT molecular complexity index is 3160. The van der Waals surface area contributed by atoms with Crippen molar-refractivity contribution in [2.24, 2.45) is 0 Å². The number of carbonyl (C=O) groups is 1. The maximum Gasteiger partial charge on any atom is 0.211 e. The highest BCUT2D eigenvalue weighted by Gasteiger charge is 2.32. The second kappa shape index (κ2) is 34.0. The first-order valence-corrected chi connectivity index (χ1v) is 39.3. The third-order valence-electron chi connectivity index (χ3n) is 16.2. The van der Waals surface area contributed by atoms with Gasteiger partial charge in [-0.3, -0.25) is 4.79 Å². The van der Waals surface area contributed by atoms with Gasteiger partial charge < -0.3 is 19.3 Å². The summed E-state index contributed by atoms with van der Waals surface area (Å²) >= 11 is 0. The molecule has 444 valence electrons. The summed E-state index contributed by atoms with van der Waals surface area (Å²) in [5.74, 6) is 17.1. The minimum absolute atomic E-state index is 0.329. The number of ketones is 1. The van der Waals surface area contributed by atoms with Crippen molar-refractivity contribution >= 4 is 92.6 Å². The quantitative estimate of drug-likeness (QED) is 0.0629. The van der Waals surface area contributed by atoms with Gasteiger partial charge in [-0.2, -0.15) is 0 Å². The van der Waals surface area contributed by atoms with Crippen LogP contribution in [-0.4, -0.2) is 101 Å². The van der Waals surface area contributed by atoms with Gasteiger partial charge in [-0.05, 0) is 180 Å². The maximum absolute atomic E-state index is 11.8. The van der Waals surface area contributed by atoms with Gasteiger partial charge in [0.25, 0.3) is 0 Å². The van der Waals surface area contributed by atoms with Crippen LogP contribution in [-0.2, 0) is 59.2 Å². The molecule has 8 aromatic rings. The van der Waals surface area contributed by atoms with Gasteiger partial charge in [0.1, 0.15) is 81.4 Å². The molecule has 5 nitrogen and oxygen atoms in total. The van der Waals surface area contributed by atoms with Crippen molar-refractivity contribution in [2.75, 3.05) is 90.2 Å². The molecule has 0 amide bonds. The molecule has 0 saturated carbocycles. The zero-order valence-corrected chi connectivity index (χ0v) is 54.8. The fourth-order valence-electron chi connectivity index (χ4n) is 11.9. The third kappa shape index (κ3) is 18.2. The summed E-state index contributed by atoms with van der Waals surface area (Å²) in [7, 11) is 3.98. The molecule has 8 aromatic carbocycles.